The van der Waals surface area contributed by atoms with E-state index in [1.807, 2.05) is 6.08 Å². The van der Waals surface area contributed by atoms with Gasteiger partial charge in [-0.1, -0.05) is 6.58 Å². The van der Waals surface area contributed by atoms with E-state index in [1.54, 1.807) is 0 Å². The first-order valence-electron chi connectivity index (χ1n) is 3.80. The van der Waals surface area contributed by atoms with Crippen LogP contribution in [-0.4, -0.2) is 31.3 Å². The predicted octanol–water partition coefficient (Wildman–Crippen LogP) is 1.45. The van der Waals surface area contributed by atoms with Crippen molar-refractivity contribution in [3.63, 3.8) is 0 Å². The summed E-state index contributed by atoms with van der Waals surface area (Å²) in [7, 11) is 2.09. The molecule has 0 saturated carbocycles. The second kappa shape index (κ2) is 3.49. The Balaban J connectivity index is 2.65. The van der Waals surface area contributed by atoms with E-state index in [4.69, 9.17) is 5.41 Å². The lowest BCUT2D eigenvalue weighted by Crippen LogP contribution is -2.28. The molecule has 0 radical (unpaired) electrons. The molecule has 0 aromatic carbocycles. The van der Waals surface area contributed by atoms with Crippen molar-refractivity contribution < 1.29 is 0 Å². The van der Waals surface area contributed by atoms with Crippen LogP contribution < -0.4 is 0 Å². The maximum absolute atomic E-state index is 6.92. The molecule has 1 heterocycles. The van der Waals surface area contributed by atoms with Gasteiger partial charge in [0.2, 0.25) is 0 Å². The zero-order chi connectivity index (χ0) is 8.27. The highest BCUT2D eigenvalue weighted by Gasteiger charge is 2.12. The second-order valence-corrected chi connectivity index (χ2v) is 2.95. The molecular formula is C9H14N2. The molecule has 60 valence electrons. The molecule has 0 bridgehead atoms. The average molecular weight is 150 g/mol. The number of nitrogens with one attached hydrogen (secondary N) is 1. The normalized spacial score (nSPS) is 24.1. The molecule has 0 spiro atoms. The molecule has 1 aliphatic heterocycles. The topological polar surface area (TPSA) is 27.1 Å². The van der Waals surface area contributed by atoms with E-state index in [1.165, 1.54) is 11.8 Å². The third kappa shape index (κ3) is 2.02. The Hall–Kier alpha value is -0.890. The maximum Gasteiger partial charge on any atom is 0.0227 e. The van der Waals surface area contributed by atoms with E-state index in [0.717, 1.165) is 25.1 Å². The van der Waals surface area contributed by atoms with Gasteiger partial charge in [-0.2, -0.15) is 0 Å². The molecule has 0 aromatic heterocycles. The zero-order valence-corrected chi connectivity index (χ0v) is 6.93. The lowest BCUT2D eigenvalue weighted by molar-refractivity contribution is 0.348. The highest BCUT2D eigenvalue weighted by Crippen LogP contribution is 2.18. The summed E-state index contributed by atoms with van der Waals surface area (Å²) in [4.78, 5) is 2.24. The van der Waals surface area contributed by atoms with Crippen molar-refractivity contribution in [2.45, 2.75) is 6.42 Å². The highest BCUT2D eigenvalue weighted by molar-refractivity contribution is 5.70. The van der Waals surface area contributed by atoms with Crippen LogP contribution in [0, 0.1) is 5.41 Å². The molecule has 0 unspecified atom stereocenters. The lowest BCUT2D eigenvalue weighted by Gasteiger charge is -2.25. The van der Waals surface area contributed by atoms with Crippen molar-refractivity contribution >= 4 is 6.21 Å². The summed E-state index contributed by atoms with van der Waals surface area (Å²) in [5.74, 6) is 0. The van der Waals surface area contributed by atoms with Crippen LogP contribution in [-0.2, 0) is 0 Å². The number of hydrogen-bond donors (Lipinski definition) is 1. The molecule has 1 fully saturated rings. The minimum atomic E-state index is 0.944. The van der Waals surface area contributed by atoms with E-state index in [2.05, 4.69) is 18.5 Å². The number of allylic oxidation sites excluding steroid dienone is 1. The predicted molar refractivity (Wildman–Crippen MR) is 48.1 cm³/mol. The van der Waals surface area contributed by atoms with Gasteiger partial charge < -0.3 is 10.3 Å². The largest absolute Gasteiger partial charge is 0.309 e. The fourth-order valence-corrected chi connectivity index (χ4v) is 1.30. The first-order valence-corrected chi connectivity index (χ1v) is 3.80. The Morgan fingerprint density at radius 2 is 2.36 bits per heavy atom. The summed E-state index contributed by atoms with van der Waals surface area (Å²) in [5, 5.41) is 6.92. The minimum absolute atomic E-state index is 0.944. The van der Waals surface area contributed by atoms with Gasteiger partial charge in [0.15, 0.2) is 0 Å². The lowest BCUT2D eigenvalue weighted by atomic mass is 10.00. The Labute approximate surface area is 67.7 Å². The van der Waals surface area contributed by atoms with Crippen LogP contribution >= 0.6 is 0 Å². The van der Waals surface area contributed by atoms with Crippen LogP contribution in [0.1, 0.15) is 6.42 Å². The van der Waals surface area contributed by atoms with Crippen molar-refractivity contribution in [3.05, 3.63) is 23.8 Å². The fourth-order valence-electron chi connectivity index (χ4n) is 1.30. The van der Waals surface area contributed by atoms with E-state index in [0.29, 0.717) is 0 Å². The zero-order valence-electron chi connectivity index (χ0n) is 6.93. The highest BCUT2D eigenvalue weighted by atomic mass is 15.1. The number of piperidine rings is 1. The first-order chi connectivity index (χ1) is 5.24. The van der Waals surface area contributed by atoms with Gasteiger partial charge in [-0.15, -0.1) is 0 Å². The van der Waals surface area contributed by atoms with Gasteiger partial charge in [-0.25, -0.2) is 0 Å². The van der Waals surface area contributed by atoms with Gasteiger partial charge >= 0.3 is 0 Å². The number of nitrogens with zero attached hydrogens (tertiary/aromatic N) is 1. The average Bonchev–Trinajstić information content (AvgIpc) is 1.95. The molecule has 1 N–H and O–H groups in total. The van der Waals surface area contributed by atoms with Crippen LogP contribution in [0.5, 0.6) is 0 Å². The number of hydrogen-bond acceptors (Lipinski definition) is 2. The molecule has 0 aliphatic carbocycles. The first kappa shape index (κ1) is 8.21. The van der Waals surface area contributed by atoms with Crippen molar-refractivity contribution in [1.29, 1.82) is 5.41 Å². The standard InChI is InChI=1S/C9H14N2/c1-8-7-11(2)6-4-9(8)3-5-10/h3,5,10H,1,4,6-7H2,2H3/b9-3-,10-5?. The van der Waals surface area contributed by atoms with Gasteiger partial charge in [0.05, 0.1) is 0 Å². The van der Waals surface area contributed by atoms with Gasteiger partial charge in [0.1, 0.15) is 0 Å². The molecular weight excluding hydrogens is 136 g/mol. The maximum atomic E-state index is 6.92. The molecule has 1 rings (SSSR count). The van der Waals surface area contributed by atoms with Crippen molar-refractivity contribution in [2.24, 2.45) is 0 Å². The van der Waals surface area contributed by atoms with Crippen LogP contribution in [0.2, 0.25) is 0 Å². The van der Waals surface area contributed by atoms with E-state index >= 15 is 0 Å². The van der Waals surface area contributed by atoms with Crippen LogP contribution in [0.4, 0.5) is 0 Å². The summed E-state index contributed by atoms with van der Waals surface area (Å²) in [5.41, 5.74) is 2.39. The second-order valence-electron chi connectivity index (χ2n) is 2.95. The molecule has 0 amide bonds. The molecule has 2 heteroatoms. The van der Waals surface area contributed by atoms with Crippen LogP contribution in [0.25, 0.3) is 0 Å². The van der Waals surface area contributed by atoms with Crippen LogP contribution in [0.15, 0.2) is 23.8 Å². The van der Waals surface area contributed by atoms with Gasteiger partial charge in [0, 0.05) is 19.3 Å². The van der Waals surface area contributed by atoms with Crippen molar-refractivity contribution in [3.8, 4) is 0 Å². The van der Waals surface area contributed by atoms with Crippen molar-refractivity contribution in [2.75, 3.05) is 20.1 Å². The Bertz CT molecular complexity index is 204. The number of likely N-dealkylation sites (N-methyl/N-ethyl adjacent to an activating group) is 1. The Kier molecular flexibility index (Phi) is 2.60. The monoisotopic (exact) mass is 150 g/mol. The summed E-state index contributed by atoms with van der Waals surface area (Å²) < 4.78 is 0. The summed E-state index contributed by atoms with van der Waals surface area (Å²) >= 11 is 0. The van der Waals surface area contributed by atoms with E-state index < -0.39 is 0 Å². The summed E-state index contributed by atoms with van der Waals surface area (Å²) in [6.07, 6.45) is 4.21. The summed E-state index contributed by atoms with van der Waals surface area (Å²) in [6, 6.07) is 0. The Morgan fingerprint density at radius 1 is 1.64 bits per heavy atom. The van der Waals surface area contributed by atoms with E-state index in [9.17, 15) is 0 Å². The third-order valence-electron chi connectivity index (χ3n) is 1.96. The molecule has 2 nitrogen and oxygen atoms in total. The van der Waals surface area contributed by atoms with Crippen molar-refractivity contribution in [1.82, 2.24) is 4.90 Å². The number of rotatable bonds is 1. The van der Waals surface area contributed by atoms with Gasteiger partial charge in [0.25, 0.3) is 0 Å². The molecule has 11 heavy (non-hydrogen) atoms. The number of likely N-dealkylation sites (tertiary alicyclic amines) is 1. The molecule has 0 aromatic rings. The minimum Gasteiger partial charge on any atom is -0.309 e. The Morgan fingerprint density at radius 3 is 2.91 bits per heavy atom. The summed E-state index contributed by atoms with van der Waals surface area (Å²) in [6.45, 7) is 5.98. The fraction of sp³-hybridized carbons (Fsp3) is 0.444. The third-order valence-corrected chi connectivity index (χ3v) is 1.96. The molecule has 0 atom stereocenters. The molecule has 1 aliphatic rings. The van der Waals surface area contributed by atoms with Gasteiger partial charge in [-0.05, 0) is 30.7 Å². The molecule has 1 saturated heterocycles. The quantitative estimate of drug-likeness (QED) is 0.563. The SMILES string of the molecule is C=C1CN(C)CC/C1=C/C=N. The smallest absolute Gasteiger partial charge is 0.0227 e. The van der Waals surface area contributed by atoms with Gasteiger partial charge in [-0.3, -0.25) is 0 Å². The van der Waals surface area contributed by atoms with Crippen LogP contribution in [0.3, 0.4) is 0 Å². The van der Waals surface area contributed by atoms with E-state index in [-0.39, 0.29) is 0 Å².